The highest BCUT2D eigenvalue weighted by Gasteiger charge is 2.24. The van der Waals surface area contributed by atoms with E-state index < -0.39 is 0 Å². The van der Waals surface area contributed by atoms with Gasteiger partial charge in [-0.15, -0.1) is 0 Å². The normalized spacial score (nSPS) is 16.4. The number of fused-ring (bicyclic) bond motifs is 1. The standard InChI is InChI=1S/C18H18N2O/c1-14-12-16-4-2-3-5-18(16)20(14)10-11-21-17-8-6-15(13-19)7-9-17/h2-9,14H,10-12H2,1H3/t14-/m0/s1. The first-order chi connectivity index (χ1) is 10.3. The molecule has 0 radical (unpaired) electrons. The Hall–Kier alpha value is -2.47. The molecule has 0 saturated carbocycles. The van der Waals surface area contributed by atoms with Gasteiger partial charge in [0.1, 0.15) is 12.4 Å². The van der Waals surface area contributed by atoms with Gasteiger partial charge in [-0.2, -0.15) is 5.26 Å². The molecule has 3 nitrogen and oxygen atoms in total. The van der Waals surface area contributed by atoms with E-state index in [0.717, 1.165) is 18.7 Å². The predicted molar refractivity (Wildman–Crippen MR) is 83.6 cm³/mol. The zero-order chi connectivity index (χ0) is 14.7. The van der Waals surface area contributed by atoms with Gasteiger partial charge in [-0.3, -0.25) is 0 Å². The molecule has 21 heavy (non-hydrogen) atoms. The van der Waals surface area contributed by atoms with Gasteiger partial charge >= 0.3 is 0 Å². The van der Waals surface area contributed by atoms with Gasteiger partial charge in [-0.05, 0) is 49.2 Å². The molecule has 0 aliphatic carbocycles. The van der Waals surface area contributed by atoms with Gasteiger partial charge in [0.15, 0.2) is 0 Å². The Labute approximate surface area is 125 Å². The monoisotopic (exact) mass is 278 g/mol. The van der Waals surface area contributed by atoms with E-state index in [9.17, 15) is 0 Å². The van der Waals surface area contributed by atoms with Crippen molar-refractivity contribution in [2.45, 2.75) is 19.4 Å². The lowest BCUT2D eigenvalue weighted by molar-refractivity contribution is 0.321. The SMILES string of the molecule is C[C@H]1Cc2ccccc2N1CCOc1ccc(C#N)cc1. The van der Waals surface area contributed by atoms with Crippen molar-refractivity contribution in [3.63, 3.8) is 0 Å². The minimum absolute atomic E-state index is 0.520. The second-order valence-corrected chi connectivity index (χ2v) is 5.36. The molecule has 0 aromatic heterocycles. The highest BCUT2D eigenvalue weighted by Crippen LogP contribution is 2.31. The lowest BCUT2D eigenvalue weighted by Crippen LogP contribution is -2.33. The predicted octanol–water partition coefficient (Wildman–Crippen LogP) is 3.39. The number of ether oxygens (including phenoxy) is 1. The number of nitriles is 1. The number of hydrogen-bond acceptors (Lipinski definition) is 3. The largest absolute Gasteiger partial charge is 0.492 e. The topological polar surface area (TPSA) is 36.3 Å². The van der Waals surface area contributed by atoms with Gasteiger partial charge < -0.3 is 9.64 Å². The molecule has 0 saturated heterocycles. The minimum atomic E-state index is 0.520. The zero-order valence-electron chi connectivity index (χ0n) is 12.1. The van der Waals surface area contributed by atoms with Crippen molar-refractivity contribution >= 4 is 5.69 Å². The highest BCUT2D eigenvalue weighted by atomic mass is 16.5. The fraction of sp³-hybridized carbons (Fsp3) is 0.278. The molecular weight excluding hydrogens is 260 g/mol. The van der Waals surface area contributed by atoms with Crippen LogP contribution in [0, 0.1) is 11.3 Å². The van der Waals surface area contributed by atoms with Gasteiger partial charge in [0.2, 0.25) is 0 Å². The maximum atomic E-state index is 8.77. The fourth-order valence-corrected chi connectivity index (χ4v) is 2.86. The molecule has 2 aromatic carbocycles. The van der Waals surface area contributed by atoms with Gasteiger partial charge in [0.25, 0.3) is 0 Å². The Bertz CT molecular complexity index is 658. The van der Waals surface area contributed by atoms with Crippen molar-refractivity contribution in [2.24, 2.45) is 0 Å². The van der Waals surface area contributed by atoms with Crippen LogP contribution in [-0.4, -0.2) is 19.2 Å². The highest BCUT2D eigenvalue weighted by molar-refractivity contribution is 5.59. The summed E-state index contributed by atoms with van der Waals surface area (Å²) in [6.07, 6.45) is 1.10. The lowest BCUT2D eigenvalue weighted by atomic mass is 10.1. The summed E-state index contributed by atoms with van der Waals surface area (Å²) in [6.45, 7) is 3.77. The molecule has 0 amide bonds. The third kappa shape index (κ3) is 2.85. The summed E-state index contributed by atoms with van der Waals surface area (Å²) >= 11 is 0. The Morgan fingerprint density at radius 1 is 1.19 bits per heavy atom. The van der Waals surface area contributed by atoms with Crippen molar-refractivity contribution in [2.75, 3.05) is 18.1 Å². The van der Waals surface area contributed by atoms with Crippen molar-refractivity contribution < 1.29 is 4.74 Å². The zero-order valence-corrected chi connectivity index (χ0v) is 12.1. The fourth-order valence-electron chi connectivity index (χ4n) is 2.86. The van der Waals surface area contributed by atoms with Crippen LogP contribution in [0.5, 0.6) is 5.75 Å². The summed E-state index contributed by atoms with van der Waals surface area (Å²) < 4.78 is 5.78. The molecule has 106 valence electrons. The van der Waals surface area contributed by atoms with Gasteiger partial charge in [0, 0.05) is 11.7 Å². The third-order valence-electron chi connectivity index (χ3n) is 3.93. The molecule has 0 spiro atoms. The number of anilines is 1. The Morgan fingerprint density at radius 3 is 2.71 bits per heavy atom. The number of rotatable bonds is 4. The minimum Gasteiger partial charge on any atom is -0.492 e. The van der Waals surface area contributed by atoms with E-state index in [4.69, 9.17) is 10.00 Å². The molecular formula is C18H18N2O. The Kier molecular flexibility index (Phi) is 3.79. The average molecular weight is 278 g/mol. The number of hydrogen-bond donors (Lipinski definition) is 0. The van der Waals surface area contributed by atoms with Crippen LogP contribution in [0.25, 0.3) is 0 Å². The molecule has 1 atom stereocenters. The second-order valence-electron chi connectivity index (χ2n) is 5.36. The first kappa shape index (κ1) is 13.5. The van der Waals surface area contributed by atoms with E-state index in [-0.39, 0.29) is 0 Å². The van der Waals surface area contributed by atoms with Crippen LogP contribution < -0.4 is 9.64 Å². The summed E-state index contributed by atoms with van der Waals surface area (Å²) in [5, 5.41) is 8.77. The first-order valence-corrected chi connectivity index (χ1v) is 7.25. The van der Waals surface area contributed by atoms with Crippen LogP contribution in [0.1, 0.15) is 18.1 Å². The van der Waals surface area contributed by atoms with Crippen molar-refractivity contribution in [1.82, 2.24) is 0 Å². The summed E-state index contributed by atoms with van der Waals surface area (Å²) in [6, 6.07) is 18.5. The molecule has 3 rings (SSSR count). The molecule has 0 bridgehead atoms. The molecule has 0 fully saturated rings. The van der Waals surface area contributed by atoms with E-state index in [2.05, 4.69) is 42.2 Å². The van der Waals surface area contributed by atoms with Crippen LogP contribution >= 0.6 is 0 Å². The quantitative estimate of drug-likeness (QED) is 0.860. The maximum Gasteiger partial charge on any atom is 0.119 e. The van der Waals surface area contributed by atoms with Crippen LogP contribution in [0.4, 0.5) is 5.69 Å². The summed E-state index contributed by atoms with van der Waals surface area (Å²) in [4.78, 5) is 2.40. The van der Waals surface area contributed by atoms with Crippen molar-refractivity contribution in [1.29, 1.82) is 5.26 Å². The Balaban J connectivity index is 1.59. The van der Waals surface area contributed by atoms with Crippen molar-refractivity contribution in [3.8, 4) is 11.8 Å². The lowest BCUT2D eigenvalue weighted by Gasteiger charge is -2.24. The first-order valence-electron chi connectivity index (χ1n) is 7.25. The van der Waals surface area contributed by atoms with E-state index in [0.29, 0.717) is 18.2 Å². The van der Waals surface area contributed by atoms with E-state index in [1.807, 2.05) is 12.1 Å². The van der Waals surface area contributed by atoms with E-state index in [1.165, 1.54) is 11.3 Å². The summed E-state index contributed by atoms with van der Waals surface area (Å²) in [5.74, 6) is 0.814. The van der Waals surface area contributed by atoms with Gasteiger partial charge in [-0.25, -0.2) is 0 Å². The van der Waals surface area contributed by atoms with Gasteiger partial charge in [0.05, 0.1) is 18.2 Å². The molecule has 1 aliphatic heterocycles. The molecule has 0 unspecified atom stereocenters. The maximum absolute atomic E-state index is 8.77. The van der Waals surface area contributed by atoms with Crippen LogP contribution in [0.15, 0.2) is 48.5 Å². The molecule has 3 heteroatoms. The van der Waals surface area contributed by atoms with Gasteiger partial charge in [-0.1, -0.05) is 18.2 Å². The van der Waals surface area contributed by atoms with E-state index >= 15 is 0 Å². The number of para-hydroxylation sites is 1. The molecule has 2 aromatic rings. The molecule has 1 aliphatic rings. The average Bonchev–Trinajstić information content (AvgIpc) is 2.84. The number of nitrogens with zero attached hydrogens (tertiary/aromatic N) is 2. The van der Waals surface area contributed by atoms with Crippen molar-refractivity contribution in [3.05, 3.63) is 59.7 Å². The molecule has 1 heterocycles. The van der Waals surface area contributed by atoms with Crippen LogP contribution in [0.2, 0.25) is 0 Å². The van der Waals surface area contributed by atoms with Crippen LogP contribution in [-0.2, 0) is 6.42 Å². The Morgan fingerprint density at radius 2 is 1.95 bits per heavy atom. The third-order valence-corrected chi connectivity index (χ3v) is 3.93. The van der Waals surface area contributed by atoms with E-state index in [1.54, 1.807) is 12.1 Å². The smallest absolute Gasteiger partial charge is 0.119 e. The van der Waals surface area contributed by atoms with Crippen LogP contribution in [0.3, 0.4) is 0 Å². The second kappa shape index (κ2) is 5.88. The number of benzene rings is 2. The molecule has 0 N–H and O–H groups in total. The summed E-state index contributed by atoms with van der Waals surface area (Å²) in [5.41, 5.74) is 3.40. The summed E-state index contributed by atoms with van der Waals surface area (Å²) in [7, 11) is 0.